The van der Waals surface area contributed by atoms with E-state index in [1.165, 1.54) is 115 Å². The predicted octanol–water partition coefficient (Wildman–Crippen LogP) is 8.10. The predicted molar refractivity (Wildman–Crippen MR) is 151 cm³/mol. The van der Waals surface area contributed by atoms with Crippen molar-refractivity contribution in [1.82, 2.24) is 6.15 Å². The average molecular weight is 531 g/mol. The molecule has 0 atom stereocenters. The Kier molecular flexibility index (Phi) is 29.7. The second-order valence-corrected chi connectivity index (χ2v) is 10.1. The van der Waals surface area contributed by atoms with E-state index < -0.39 is 10.2 Å². The molecule has 0 radical (unpaired) electrons. The molecular formula is C27H54N4O6. The van der Waals surface area contributed by atoms with Gasteiger partial charge in [-0.1, -0.05) is 127 Å². The number of hydrogen-bond donors (Lipinski definition) is 2. The van der Waals surface area contributed by atoms with Gasteiger partial charge in [0.2, 0.25) is 0 Å². The van der Waals surface area contributed by atoms with Crippen molar-refractivity contribution < 1.29 is 19.9 Å². The molecule has 0 spiro atoms. The summed E-state index contributed by atoms with van der Waals surface area (Å²) in [6.07, 6.45) is 23.2. The lowest BCUT2D eigenvalue weighted by molar-refractivity contribution is -0.903. The molecule has 37 heavy (non-hydrogen) atoms. The number of rotatable bonds is 19. The van der Waals surface area contributed by atoms with E-state index in [1.54, 1.807) is 0 Å². The Morgan fingerprint density at radius 1 is 0.676 bits per heavy atom. The Bertz CT molecular complexity index is 613. The van der Waals surface area contributed by atoms with E-state index in [0.717, 1.165) is 11.0 Å². The summed E-state index contributed by atoms with van der Waals surface area (Å²) < 4.78 is 1.11. The van der Waals surface area contributed by atoms with Crippen molar-refractivity contribution in [3.05, 3.63) is 61.3 Å². The Balaban J connectivity index is -0.00000112. The van der Waals surface area contributed by atoms with Crippen LogP contribution in [0.15, 0.2) is 30.3 Å². The molecule has 1 aromatic rings. The van der Waals surface area contributed by atoms with Gasteiger partial charge in [0, 0.05) is 5.56 Å². The van der Waals surface area contributed by atoms with Gasteiger partial charge in [-0.05, 0) is 12.8 Å². The summed E-state index contributed by atoms with van der Waals surface area (Å²) >= 11 is 0. The molecule has 4 N–H and O–H groups in total. The van der Waals surface area contributed by atoms with Crippen molar-refractivity contribution in [3.8, 4) is 0 Å². The van der Waals surface area contributed by atoms with Crippen molar-refractivity contribution in [2.45, 2.75) is 116 Å². The topological polar surface area (TPSA) is 165 Å². The molecule has 0 aromatic heterocycles. The third-order valence-corrected chi connectivity index (χ3v) is 6.07. The summed E-state index contributed by atoms with van der Waals surface area (Å²) in [6.45, 7) is 4.75. The molecule has 0 saturated heterocycles. The quantitative estimate of drug-likeness (QED) is 0.0788. The van der Waals surface area contributed by atoms with E-state index in [0.29, 0.717) is 0 Å². The van der Waals surface area contributed by atoms with E-state index in [1.807, 2.05) is 0 Å². The monoisotopic (exact) mass is 530 g/mol. The number of benzene rings is 1. The Morgan fingerprint density at radius 3 is 1.30 bits per heavy atom. The zero-order chi connectivity index (χ0) is 27.5. The molecule has 0 bridgehead atoms. The molecule has 0 heterocycles. The minimum Gasteiger partial charge on any atom is -0.356 e. The molecule has 218 valence electrons. The van der Waals surface area contributed by atoms with E-state index in [-0.39, 0.29) is 6.15 Å². The summed E-state index contributed by atoms with van der Waals surface area (Å²) in [6, 6.07) is 10.9. The SMILES string of the molecule is CCCCCCCCCCCCCCCCCC[N+](C)(C)Cc1ccccc1.N.O=[N+]([O-])O.O=[N+]([O-])[O-]. The highest BCUT2D eigenvalue weighted by Gasteiger charge is 2.14. The molecule has 0 saturated carbocycles. The van der Waals surface area contributed by atoms with Crippen LogP contribution >= 0.6 is 0 Å². The molecule has 0 amide bonds. The lowest BCUT2D eigenvalue weighted by Crippen LogP contribution is -2.39. The number of quaternary nitrogens is 1. The van der Waals surface area contributed by atoms with Crippen LogP contribution in [0.4, 0.5) is 0 Å². The summed E-state index contributed by atoms with van der Waals surface area (Å²) in [7, 11) is 4.75. The van der Waals surface area contributed by atoms with E-state index in [4.69, 9.17) is 30.6 Å². The van der Waals surface area contributed by atoms with Crippen LogP contribution in [0.2, 0.25) is 0 Å². The van der Waals surface area contributed by atoms with Crippen LogP contribution in [0.25, 0.3) is 0 Å². The first kappa shape index (κ1) is 39.1. The second kappa shape index (κ2) is 28.1. The molecule has 0 aliphatic carbocycles. The maximum Gasteiger partial charge on any atom is 0.291 e. The van der Waals surface area contributed by atoms with Crippen LogP contribution in [-0.2, 0) is 6.54 Å². The Hall–Kier alpha value is -2.46. The fourth-order valence-electron chi connectivity index (χ4n) is 4.24. The fourth-order valence-corrected chi connectivity index (χ4v) is 4.24. The normalized spacial score (nSPS) is 10.2. The second-order valence-electron chi connectivity index (χ2n) is 10.1. The molecule has 1 rings (SSSR count). The van der Waals surface area contributed by atoms with Crippen LogP contribution in [-0.4, -0.2) is 40.5 Å². The van der Waals surface area contributed by atoms with Gasteiger partial charge in [-0.25, -0.2) is 0 Å². The van der Waals surface area contributed by atoms with Gasteiger partial charge in [-0.15, -0.1) is 10.1 Å². The molecule has 10 nitrogen and oxygen atoms in total. The van der Waals surface area contributed by atoms with Gasteiger partial charge in [0.05, 0.1) is 25.7 Å². The van der Waals surface area contributed by atoms with Crippen LogP contribution in [0.5, 0.6) is 0 Å². The van der Waals surface area contributed by atoms with Gasteiger partial charge < -0.3 is 31.2 Å². The first-order valence-electron chi connectivity index (χ1n) is 13.6. The number of nitrogens with zero attached hydrogens (tertiary/aromatic N) is 3. The first-order valence-corrected chi connectivity index (χ1v) is 13.6. The van der Waals surface area contributed by atoms with E-state index >= 15 is 0 Å². The third-order valence-electron chi connectivity index (χ3n) is 6.07. The van der Waals surface area contributed by atoms with E-state index in [2.05, 4.69) is 51.4 Å². The Morgan fingerprint density at radius 2 is 0.973 bits per heavy atom. The largest absolute Gasteiger partial charge is 0.356 e. The highest BCUT2D eigenvalue weighted by atomic mass is 16.9. The standard InChI is InChI=1S/C27H50N.HNO3.NO3.H3N/c1-4-5-6-7-8-9-10-11-12-13-14-15-16-17-18-22-25-28(2,3)26-27-23-20-19-21-24-27;2*2-1(3)4;/h19-21,23-24H,4-18,22,25-26H2,1-3H3;(H,2,3,4);;1H3/q+1;;-1;. The van der Waals surface area contributed by atoms with E-state index in [9.17, 15) is 0 Å². The highest BCUT2D eigenvalue weighted by Crippen LogP contribution is 2.15. The summed E-state index contributed by atoms with van der Waals surface area (Å²) in [5.41, 5.74) is 1.46. The minimum atomic E-state index is -1.75. The third kappa shape index (κ3) is 38.2. The zero-order valence-electron chi connectivity index (χ0n) is 23.7. The van der Waals surface area contributed by atoms with Crippen molar-refractivity contribution >= 4 is 0 Å². The van der Waals surface area contributed by atoms with Gasteiger partial charge in [0.15, 0.2) is 0 Å². The molecule has 0 unspecified atom stereocenters. The van der Waals surface area contributed by atoms with Crippen molar-refractivity contribution in [2.75, 3.05) is 20.6 Å². The smallest absolute Gasteiger partial charge is 0.291 e. The lowest BCUT2D eigenvalue weighted by atomic mass is 10.0. The van der Waals surface area contributed by atoms with Gasteiger partial charge in [0.1, 0.15) is 6.54 Å². The van der Waals surface area contributed by atoms with Crippen molar-refractivity contribution in [3.63, 3.8) is 0 Å². The molecule has 1 aromatic carbocycles. The van der Waals surface area contributed by atoms with Crippen LogP contribution in [0.3, 0.4) is 0 Å². The maximum absolute atomic E-state index is 8.36. The van der Waals surface area contributed by atoms with Gasteiger partial charge >= 0.3 is 0 Å². The molecule has 10 heteroatoms. The highest BCUT2D eigenvalue weighted by molar-refractivity contribution is 5.13. The van der Waals surface area contributed by atoms with Crippen molar-refractivity contribution in [1.29, 1.82) is 0 Å². The Labute approximate surface area is 224 Å². The zero-order valence-corrected chi connectivity index (χ0v) is 23.7. The molecule has 0 aliphatic heterocycles. The van der Waals surface area contributed by atoms with Gasteiger partial charge in [-0.2, -0.15) is 0 Å². The van der Waals surface area contributed by atoms with Crippen molar-refractivity contribution in [2.24, 2.45) is 0 Å². The fraction of sp³-hybridized carbons (Fsp3) is 0.778. The van der Waals surface area contributed by atoms with Crippen LogP contribution in [0.1, 0.15) is 115 Å². The summed E-state index contributed by atoms with van der Waals surface area (Å²) in [5.74, 6) is 0. The molecule has 0 aliphatic rings. The molecular weight excluding hydrogens is 476 g/mol. The minimum absolute atomic E-state index is 0. The van der Waals surface area contributed by atoms with Gasteiger partial charge in [-0.3, -0.25) is 0 Å². The average Bonchev–Trinajstić information content (AvgIpc) is 2.78. The number of hydrogen-bond acceptors (Lipinski definition) is 6. The first-order chi connectivity index (χ1) is 17.1. The lowest BCUT2D eigenvalue weighted by Gasteiger charge is -2.30. The van der Waals surface area contributed by atoms with Crippen LogP contribution < -0.4 is 6.15 Å². The summed E-state index contributed by atoms with van der Waals surface area (Å²) in [5, 5.41) is 28.4. The van der Waals surface area contributed by atoms with Crippen LogP contribution in [0, 0.1) is 25.4 Å². The maximum atomic E-state index is 8.36. The number of unbranched alkanes of at least 4 members (excludes halogenated alkanes) is 15. The molecule has 0 fully saturated rings. The summed E-state index contributed by atoms with van der Waals surface area (Å²) in [4.78, 5) is 16.6. The van der Waals surface area contributed by atoms with Gasteiger partial charge in [0.25, 0.3) is 5.09 Å².